The highest BCUT2D eigenvalue weighted by molar-refractivity contribution is 7.98. The van der Waals surface area contributed by atoms with E-state index in [2.05, 4.69) is 9.97 Å². The van der Waals surface area contributed by atoms with Crippen LogP contribution in [-0.4, -0.2) is 21.3 Å². The largest absolute Gasteiger partial charge is 0.508 e. The first-order valence-electron chi connectivity index (χ1n) is 4.46. The Balaban J connectivity index is 2.44. The van der Waals surface area contributed by atoms with Crippen molar-refractivity contribution in [3.8, 4) is 17.0 Å². The normalized spacial score (nSPS) is 10.2. The maximum atomic E-state index is 9.35. The van der Waals surface area contributed by atoms with E-state index in [-0.39, 0.29) is 5.75 Å². The number of aromatic hydroxyl groups is 1. The fourth-order valence-electron chi connectivity index (χ4n) is 1.27. The van der Waals surface area contributed by atoms with Gasteiger partial charge in [-0.3, -0.25) is 0 Å². The topological polar surface area (TPSA) is 46.0 Å². The highest BCUT2D eigenvalue weighted by Gasteiger charge is 2.01. The average molecular weight is 218 g/mol. The molecular formula is C11H10N2OS. The molecule has 0 saturated heterocycles. The molecule has 0 bridgehead atoms. The lowest BCUT2D eigenvalue weighted by Gasteiger charge is -2.02. The summed E-state index contributed by atoms with van der Waals surface area (Å²) in [6.07, 6.45) is 3.65. The summed E-state index contributed by atoms with van der Waals surface area (Å²) in [7, 11) is 0. The fraction of sp³-hybridized carbons (Fsp3) is 0.0909. The summed E-state index contributed by atoms with van der Waals surface area (Å²) in [6.45, 7) is 0. The third-order valence-corrected chi connectivity index (χ3v) is 2.52. The number of hydrogen-bond donors (Lipinski definition) is 1. The SMILES string of the molecule is CSc1nccc(-c2cccc(O)c2)n1. The minimum atomic E-state index is 0.247. The van der Waals surface area contributed by atoms with E-state index < -0.39 is 0 Å². The van der Waals surface area contributed by atoms with Crippen molar-refractivity contribution >= 4 is 11.8 Å². The molecule has 0 radical (unpaired) electrons. The summed E-state index contributed by atoms with van der Waals surface area (Å²) < 4.78 is 0. The Morgan fingerprint density at radius 1 is 1.27 bits per heavy atom. The van der Waals surface area contributed by atoms with Crippen molar-refractivity contribution in [1.29, 1.82) is 0 Å². The second-order valence-electron chi connectivity index (χ2n) is 2.98. The van der Waals surface area contributed by atoms with Gasteiger partial charge in [-0.1, -0.05) is 23.9 Å². The van der Waals surface area contributed by atoms with Crippen molar-refractivity contribution in [3.05, 3.63) is 36.5 Å². The zero-order valence-corrected chi connectivity index (χ0v) is 9.03. The van der Waals surface area contributed by atoms with Crippen LogP contribution in [0.2, 0.25) is 0 Å². The number of phenolic OH excluding ortho intramolecular Hbond substituents is 1. The predicted molar refractivity (Wildman–Crippen MR) is 60.9 cm³/mol. The molecule has 0 saturated carbocycles. The maximum Gasteiger partial charge on any atom is 0.187 e. The van der Waals surface area contributed by atoms with Crippen molar-refractivity contribution in [2.45, 2.75) is 5.16 Å². The van der Waals surface area contributed by atoms with Gasteiger partial charge in [-0.05, 0) is 24.5 Å². The summed E-state index contributed by atoms with van der Waals surface area (Å²) in [5.74, 6) is 0.247. The lowest BCUT2D eigenvalue weighted by atomic mass is 10.1. The van der Waals surface area contributed by atoms with Gasteiger partial charge in [0.15, 0.2) is 5.16 Å². The Hall–Kier alpha value is -1.55. The van der Waals surface area contributed by atoms with Crippen LogP contribution >= 0.6 is 11.8 Å². The molecule has 0 unspecified atom stereocenters. The van der Waals surface area contributed by atoms with E-state index in [1.807, 2.05) is 18.4 Å². The van der Waals surface area contributed by atoms with Gasteiger partial charge in [0.1, 0.15) is 5.75 Å². The molecule has 15 heavy (non-hydrogen) atoms. The van der Waals surface area contributed by atoms with Gasteiger partial charge >= 0.3 is 0 Å². The molecule has 0 aliphatic rings. The minimum absolute atomic E-state index is 0.247. The molecule has 4 heteroatoms. The molecule has 3 nitrogen and oxygen atoms in total. The molecule has 0 aliphatic carbocycles. The van der Waals surface area contributed by atoms with Gasteiger partial charge in [0, 0.05) is 11.8 Å². The van der Waals surface area contributed by atoms with E-state index in [1.165, 1.54) is 11.8 Å². The van der Waals surface area contributed by atoms with Crippen molar-refractivity contribution in [2.24, 2.45) is 0 Å². The van der Waals surface area contributed by atoms with Crippen LogP contribution in [-0.2, 0) is 0 Å². The Kier molecular flexibility index (Phi) is 2.87. The number of rotatable bonds is 2. The summed E-state index contributed by atoms with van der Waals surface area (Å²) >= 11 is 1.50. The number of phenols is 1. The molecule has 2 aromatic rings. The lowest BCUT2D eigenvalue weighted by Crippen LogP contribution is -1.88. The molecule has 0 fully saturated rings. The summed E-state index contributed by atoms with van der Waals surface area (Å²) in [5.41, 5.74) is 1.72. The Bertz CT molecular complexity index is 474. The van der Waals surface area contributed by atoms with E-state index in [0.717, 1.165) is 16.4 Å². The molecule has 2 rings (SSSR count). The van der Waals surface area contributed by atoms with Crippen LogP contribution in [0.3, 0.4) is 0 Å². The summed E-state index contributed by atoms with van der Waals surface area (Å²) in [5, 5.41) is 10.1. The van der Waals surface area contributed by atoms with Crippen molar-refractivity contribution < 1.29 is 5.11 Å². The van der Waals surface area contributed by atoms with Crippen LogP contribution in [0.1, 0.15) is 0 Å². The fourth-order valence-corrected chi connectivity index (χ4v) is 1.62. The number of hydrogen-bond acceptors (Lipinski definition) is 4. The molecule has 1 N–H and O–H groups in total. The first-order valence-corrected chi connectivity index (χ1v) is 5.68. The summed E-state index contributed by atoms with van der Waals surface area (Å²) in [4.78, 5) is 8.44. The Morgan fingerprint density at radius 3 is 2.87 bits per heavy atom. The predicted octanol–water partition coefficient (Wildman–Crippen LogP) is 2.57. The van der Waals surface area contributed by atoms with Crippen LogP contribution in [0.4, 0.5) is 0 Å². The van der Waals surface area contributed by atoms with E-state index in [1.54, 1.807) is 24.4 Å². The van der Waals surface area contributed by atoms with Crippen molar-refractivity contribution in [3.63, 3.8) is 0 Å². The monoisotopic (exact) mass is 218 g/mol. The average Bonchev–Trinajstić information content (AvgIpc) is 2.29. The van der Waals surface area contributed by atoms with Gasteiger partial charge in [-0.2, -0.15) is 0 Å². The lowest BCUT2D eigenvalue weighted by molar-refractivity contribution is 0.475. The molecule has 1 aromatic heterocycles. The second kappa shape index (κ2) is 4.31. The van der Waals surface area contributed by atoms with Gasteiger partial charge in [0.25, 0.3) is 0 Å². The second-order valence-corrected chi connectivity index (χ2v) is 3.75. The number of nitrogens with zero attached hydrogens (tertiary/aromatic N) is 2. The molecular weight excluding hydrogens is 208 g/mol. The van der Waals surface area contributed by atoms with Crippen LogP contribution in [0, 0.1) is 0 Å². The molecule has 0 atom stereocenters. The van der Waals surface area contributed by atoms with E-state index in [9.17, 15) is 5.11 Å². The minimum Gasteiger partial charge on any atom is -0.508 e. The van der Waals surface area contributed by atoms with E-state index >= 15 is 0 Å². The number of benzene rings is 1. The maximum absolute atomic E-state index is 9.35. The number of aromatic nitrogens is 2. The zero-order chi connectivity index (χ0) is 10.7. The van der Waals surface area contributed by atoms with Gasteiger partial charge in [0.05, 0.1) is 5.69 Å². The molecule has 1 heterocycles. The van der Waals surface area contributed by atoms with Crippen LogP contribution < -0.4 is 0 Å². The van der Waals surface area contributed by atoms with Gasteiger partial charge in [0.2, 0.25) is 0 Å². The third-order valence-electron chi connectivity index (χ3n) is 1.96. The molecule has 0 aliphatic heterocycles. The van der Waals surface area contributed by atoms with Crippen molar-refractivity contribution in [2.75, 3.05) is 6.26 Å². The van der Waals surface area contributed by atoms with E-state index in [0.29, 0.717) is 0 Å². The first-order chi connectivity index (χ1) is 7.29. The van der Waals surface area contributed by atoms with Gasteiger partial charge in [-0.15, -0.1) is 0 Å². The molecule has 0 amide bonds. The number of thioether (sulfide) groups is 1. The van der Waals surface area contributed by atoms with Crippen molar-refractivity contribution in [1.82, 2.24) is 9.97 Å². The van der Waals surface area contributed by atoms with Gasteiger partial charge in [-0.25, -0.2) is 9.97 Å². The van der Waals surface area contributed by atoms with Crippen LogP contribution in [0.5, 0.6) is 5.75 Å². The highest BCUT2D eigenvalue weighted by Crippen LogP contribution is 2.22. The van der Waals surface area contributed by atoms with E-state index in [4.69, 9.17) is 0 Å². The highest BCUT2D eigenvalue weighted by atomic mass is 32.2. The smallest absolute Gasteiger partial charge is 0.187 e. The van der Waals surface area contributed by atoms with Crippen LogP contribution in [0.25, 0.3) is 11.3 Å². The standard InChI is InChI=1S/C11H10N2OS/c1-15-11-12-6-5-10(13-11)8-3-2-4-9(14)7-8/h2-7,14H,1H3. The quantitative estimate of drug-likeness (QED) is 0.621. The zero-order valence-electron chi connectivity index (χ0n) is 8.21. The Morgan fingerprint density at radius 2 is 2.13 bits per heavy atom. The first kappa shape index (κ1) is 9.98. The molecule has 1 aromatic carbocycles. The Labute approximate surface area is 92.2 Å². The molecule has 76 valence electrons. The molecule has 0 spiro atoms. The third kappa shape index (κ3) is 2.27. The van der Waals surface area contributed by atoms with Gasteiger partial charge < -0.3 is 5.11 Å². The summed E-state index contributed by atoms with van der Waals surface area (Å²) in [6, 6.07) is 8.86. The van der Waals surface area contributed by atoms with Crippen LogP contribution in [0.15, 0.2) is 41.7 Å².